The minimum Gasteiger partial charge on any atom is -0.462 e. The maximum atomic E-state index is 12.8. The Labute approximate surface area is 387 Å². The summed E-state index contributed by atoms with van der Waals surface area (Å²) in [6.07, 6.45) is 48.0. The molecule has 6 heteroatoms. The summed E-state index contributed by atoms with van der Waals surface area (Å²) < 4.78 is 16.9. The second-order valence-electron chi connectivity index (χ2n) is 20.6. The zero-order valence-electron chi connectivity index (χ0n) is 42.7. The highest BCUT2D eigenvalue weighted by Crippen LogP contribution is 2.18. The predicted molar refractivity (Wildman–Crippen MR) is 266 cm³/mol. The van der Waals surface area contributed by atoms with Gasteiger partial charge in [-0.3, -0.25) is 14.4 Å². The van der Waals surface area contributed by atoms with Gasteiger partial charge in [-0.15, -0.1) is 0 Å². The fourth-order valence-corrected chi connectivity index (χ4v) is 8.47. The van der Waals surface area contributed by atoms with Crippen molar-refractivity contribution in [3.05, 3.63) is 0 Å². The number of carbonyl (C=O) groups excluding carboxylic acids is 3. The van der Waals surface area contributed by atoms with E-state index in [-0.39, 0.29) is 31.1 Å². The maximum Gasteiger partial charge on any atom is 0.306 e. The van der Waals surface area contributed by atoms with Crippen molar-refractivity contribution in [3.63, 3.8) is 0 Å². The van der Waals surface area contributed by atoms with Gasteiger partial charge in [0.1, 0.15) is 13.2 Å². The molecule has 0 aromatic carbocycles. The van der Waals surface area contributed by atoms with Crippen molar-refractivity contribution in [1.29, 1.82) is 0 Å². The van der Waals surface area contributed by atoms with Crippen LogP contribution in [0, 0.1) is 17.8 Å². The summed E-state index contributed by atoms with van der Waals surface area (Å²) >= 11 is 0. The third-order valence-corrected chi connectivity index (χ3v) is 12.6. The second kappa shape index (κ2) is 47.4. The van der Waals surface area contributed by atoms with Crippen LogP contribution in [0.5, 0.6) is 0 Å². The molecule has 0 radical (unpaired) electrons. The van der Waals surface area contributed by atoms with Gasteiger partial charge in [-0.25, -0.2) is 0 Å². The van der Waals surface area contributed by atoms with E-state index < -0.39 is 6.10 Å². The molecule has 0 heterocycles. The van der Waals surface area contributed by atoms with Crippen LogP contribution in [0.15, 0.2) is 0 Å². The summed E-state index contributed by atoms with van der Waals surface area (Å²) in [5, 5.41) is 0. The van der Waals surface area contributed by atoms with Crippen LogP contribution >= 0.6 is 0 Å². The number of esters is 3. The molecule has 0 bridgehead atoms. The number of carbonyl (C=O) groups is 3. The molecule has 0 rings (SSSR count). The van der Waals surface area contributed by atoms with Crippen LogP contribution in [0.1, 0.15) is 305 Å². The SMILES string of the molecule is CC(C)CCCCCCCCCCCCCCCC(=O)OC[C@H](COC(=O)CCCCCCCCCCCCCC(C)C)OC(=O)CCCCCCCCCCCCCC(C)C. The smallest absolute Gasteiger partial charge is 0.306 e. The van der Waals surface area contributed by atoms with Crippen molar-refractivity contribution in [1.82, 2.24) is 0 Å². The molecule has 62 heavy (non-hydrogen) atoms. The first-order chi connectivity index (χ1) is 30.1. The highest BCUT2D eigenvalue weighted by Gasteiger charge is 2.19. The fourth-order valence-electron chi connectivity index (χ4n) is 8.47. The zero-order valence-corrected chi connectivity index (χ0v) is 42.7. The molecule has 0 aliphatic rings. The monoisotopic (exact) mass is 877 g/mol. The minimum atomic E-state index is -0.763. The lowest BCUT2D eigenvalue weighted by atomic mass is 10.0. The van der Waals surface area contributed by atoms with Crippen LogP contribution < -0.4 is 0 Å². The van der Waals surface area contributed by atoms with Gasteiger partial charge in [0.15, 0.2) is 6.10 Å². The van der Waals surface area contributed by atoms with Gasteiger partial charge < -0.3 is 14.2 Å². The molecule has 0 aromatic rings. The first kappa shape index (κ1) is 60.4. The van der Waals surface area contributed by atoms with Gasteiger partial charge in [0.2, 0.25) is 0 Å². The van der Waals surface area contributed by atoms with Crippen molar-refractivity contribution >= 4 is 17.9 Å². The van der Waals surface area contributed by atoms with Crippen LogP contribution in [0.3, 0.4) is 0 Å². The average molecular weight is 877 g/mol. The lowest BCUT2D eigenvalue weighted by molar-refractivity contribution is -0.167. The summed E-state index contributed by atoms with van der Waals surface area (Å²) in [4.78, 5) is 38.1. The third kappa shape index (κ3) is 49.4. The molecule has 0 unspecified atom stereocenters. The van der Waals surface area contributed by atoms with E-state index in [4.69, 9.17) is 14.2 Å². The highest BCUT2D eigenvalue weighted by molar-refractivity contribution is 5.71. The van der Waals surface area contributed by atoms with Gasteiger partial charge in [-0.1, -0.05) is 266 Å². The Bertz CT molecular complexity index is 960. The Balaban J connectivity index is 4.31. The Morgan fingerprint density at radius 1 is 0.274 bits per heavy atom. The van der Waals surface area contributed by atoms with Gasteiger partial charge >= 0.3 is 17.9 Å². The molecular formula is C56H108O6. The number of ether oxygens (including phenoxy) is 3. The molecule has 368 valence electrons. The maximum absolute atomic E-state index is 12.8. The van der Waals surface area contributed by atoms with E-state index in [0.29, 0.717) is 19.3 Å². The molecule has 1 atom stereocenters. The molecule has 0 aliphatic heterocycles. The normalized spacial score (nSPS) is 12.1. The van der Waals surface area contributed by atoms with Crippen LogP contribution in [0.25, 0.3) is 0 Å². The Morgan fingerprint density at radius 3 is 0.694 bits per heavy atom. The molecule has 0 spiro atoms. The Kier molecular flexibility index (Phi) is 46.2. The molecule has 0 amide bonds. The number of rotatable bonds is 49. The van der Waals surface area contributed by atoms with Crippen LogP contribution in [0.4, 0.5) is 0 Å². The van der Waals surface area contributed by atoms with Crippen LogP contribution in [-0.2, 0) is 28.6 Å². The van der Waals surface area contributed by atoms with Gasteiger partial charge in [-0.05, 0) is 37.0 Å². The average Bonchev–Trinajstić information content (AvgIpc) is 3.23. The highest BCUT2D eigenvalue weighted by atomic mass is 16.6. The molecule has 0 saturated heterocycles. The van der Waals surface area contributed by atoms with E-state index in [9.17, 15) is 14.4 Å². The van der Waals surface area contributed by atoms with Gasteiger partial charge in [-0.2, -0.15) is 0 Å². The fraction of sp³-hybridized carbons (Fsp3) is 0.946. The lowest BCUT2D eigenvalue weighted by Gasteiger charge is -2.18. The number of unbranched alkanes of at least 4 members (excludes halogenated alkanes) is 32. The number of hydrogen-bond donors (Lipinski definition) is 0. The van der Waals surface area contributed by atoms with Crippen molar-refractivity contribution in [3.8, 4) is 0 Å². The lowest BCUT2D eigenvalue weighted by Crippen LogP contribution is -2.30. The standard InChI is InChI=1S/C56H108O6/c1-50(2)42-36-30-24-18-12-8-7-9-15-21-27-33-39-45-54(57)60-48-53(62-56(59)47-41-35-29-23-17-11-14-20-26-32-38-44-52(5)6)49-61-55(58)46-40-34-28-22-16-10-13-19-25-31-37-43-51(3)4/h50-53H,7-49H2,1-6H3/t53-/m1/s1. The molecular weight excluding hydrogens is 769 g/mol. The summed E-state index contributed by atoms with van der Waals surface area (Å²) in [5.74, 6) is 1.64. The minimum absolute atomic E-state index is 0.0640. The largest absolute Gasteiger partial charge is 0.462 e. The topological polar surface area (TPSA) is 78.9 Å². The van der Waals surface area contributed by atoms with E-state index in [1.165, 1.54) is 186 Å². The molecule has 0 aliphatic carbocycles. The molecule has 6 nitrogen and oxygen atoms in total. The van der Waals surface area contributed by atoms with Crippen LogP contribution in [0.2, 0.25) is 0 Å². The van der Waals surface area contributed by atoms with Gasteiger partial charge in [0.25, 0.3) is 0 Å². The Morgan fingerprint density at radius 2 is 0.468 bits per heavy atom. The third-order valence-electron chi connectivity index (χ3n) is 12.6. The van der Waals surface area contributed by atoms with Crippen molar-refractivity contribution in [2.45, 2.75) is 311 Å². The molecule has 0 N–H and O–H groups in total. The van der Waals surface area contributed by atoms with E-state index in [2.05, 4.69) is 41.5 Å². The van der Waals surface area contributed by atoms with E-state index >= 15 is 0 Å². The summed E-state index contributed by atoms with van der Waals surface area (Å²) in [7, 11) is 0. The summed E-state index contributed by atoms with van der Waals surface area (Å²) in [6, 6.07) is 0. The van der Waals surface area contributed by atoms with Crippen LogP contribution in [-0.4, -0.2) is 37.2 Å². The van der Waals surface area contributed by atoms with Crippen molar-refractivity contribution < 1.29 is 28.6 Å². The zero-order chi connectivity index (χ0) is 45.6. The summed E-state index contributed by atoms with van der Waals surface area (Å²) in [6.45, 7) is 13.7. The van der Waals surface area contributed by atoms with Crippen molar-refractivity contribution in [2.75, 3.05) is 13.2 Å². The van der Waals surface area contributed by atoms with E-state index in [0.717, 1.165) is 75.5 Å². The van der Waals surface area contributed by atoms with E-state index in [1.807, 2.05) is 0 Å². The van der Waals surface area contributed by atoms with Gasteiger partial charge in [0, 0.05) is 19.3 Å². The first-order valence-electron chi connectivity index (χ1n) is 27.6. The van der Waals surface area contributed by atoms with Crippen molar-refractivity contribution in [2.24, 2.45) is 17.8 Å². The quantitative estimate of drug-likeness (QED) is 0.0344. The second-order valence-corrected chi connectivity index (χ2v) is 20.6. The Hall–Kier alpha value is -1.59. The molecule has 0 saturated carbocycles. The first-order valence-corrected chi connectivity index (χ1v) is 27.6. The molecule has 0 fully saturated rings. The van der Waals surface area contributed by atoms with Gasteiger partial charge in [0.05, 0.1) is 0 Å². The summed E-state index contributed by atoms with van der Waals surface area (Å²) in [5.41, 5.74) is 0. The van der Waals surface area contributed by atoms with E-state index in [1.54, 1.807) is 0 Å². The predicted octanol–water partition coefficient (Wildman–Crippen LogP) is 17.9. The molecule has 0 aromatic heterocycles. The number of hydrogen-bond acceptors (Lipinski definition) is 6.